The van der Waals surface area contributed by atoms with Gasteiger partial charge in [0.25, 0.3) is 0 Å². The number of sulfonamides is 1. The van der Waals surface area contributed by atoms with Crippen LogP contribution in [-0.2, 0) is 16.6 Å². The lowest BCUT2D eigenvalue weighted by molar-refractivity contribution is 0.152. The smallest absolute Gasteiger partial charge is 0.214 e. The van der Waals surface area contributed by atoms with Gasteiger partial charge in [-0.15, -0.1) is 11.3 Å². The number of likely N-dealkylation sites (tertiary alicyclic amines) is 1. The van der Waals surface area contributed by atoms with Crippen molar-refractivity contribution in [2.24, 2.45) is 5.92 Å². The molecule has 1 saturated heterocycles. The van der Waals surface area contributed by atoms with Gasteiger partial charge < -0.3 is 5.73 Å². The highest BCUT2D eigenvalue weighted by atomic mass is 32.2. The Balaban J connectivity index is 1.54. The molecule has 118 valence electrons. The molecular weight excluding hydrogens is 308 g/mol. The van der Waals surface area contributed by atoms with Gasteiger partial charge >= 0.3 is 0 Å². The van der Waals surface area contributed by atoms with E-state index >= 15 is 0 Å². The Hall–Kier alpha value is -0.700. The number of nitrogen functional groups attached to an aromatic ring is 1. The molecule has 3 N–H and O–H groups in total. The van der Waals surface area contributed by atoms with Crippen molar-refractivity contribution in [1.29, 1.82) is 0 Å². The molecule has 21 heavy (non-hydrogen) atoms. The Morgan fingerprint density at radius 1 is 1.48 bits per heavy atom. The van der Waals surface area contributed by atoms with Crippen LogP contribution in [0.25, 0.3) is 0 Å². The largest absolute Gasteiger partial charge is 0.375 e. The Labute approximate surface area is 129 Å². The van der Waals surface area contributed by atoms with Gasteiger partial charge in [-0.2, -0.15) is 0 Å². The zero-order valence-corrected chi connectivity index (χ0v) is 13.8. The summed E-state index contributed by atoms with van der Waals surface area (Å²) in [6.45, 7) is 4.77. The van der Waals surface area contributed by atoms with E-state index in [0.717, 1.165) is 43.8 Å². The molecule has 8 heteroatoms. The lowest BCUT2D eigenvalue weighted by Crippen LogP contribution is -2.50. The number of rotatable bonds is 5. The summed E-state index contributed by atoms with van der Waals surface area (Å²) >= 11 is 1.52. The van der Waals surface area contributed by atoms with Gasteiger partial charge in [0.2, 0.25) is 10.0 Å². The fourth-order valence-electron chi connectivity index (χ4n) is 2.85. The molecule has 1 aliphatic heterocycles. The molecule has 0 aromatic carbocycles. The SMILES string of the molecule is CC1CN(Cc2cnc(N)s2)CCC1NS(=O)(=O)C1CC1. The summed E-state index contributed by atoms with van der Waals surface area (Å²) in [5.41, 5.74) is 5.65. The number of thiazole rings is 1. The number of aromatic nitrogens is 1. The summed E-state index contributed by atoms with van der Waals surface area (Å²) in [7, 11) is -3.09. The molecule has 2 fully saturated rings. The summed E-state index contributed by atoms with van der Waals surface area (Å²) in [4.78, 5) is 7.58. The summed E-state index contributed by atoms with van der Waals surface area (Å²) < 4.78 is 27.0. The van der Waals surface area contributed by atoms with Crippen LogP contribution < -0.4 is 10.5 Å². The van der Waals surface area contributed by atoms with Crippen molar-refractivity contribution in [3.05, 3.63) is 11.1 Å². The summed E-state index contributed by atoms with van der Waals surface area (Å²) in [6.07, 6.45) is 4.32. The van der Waals surface area contributed by atoms with Gasteiger partial charge in [0.1, 0.15) is 0 Å². The third kappa shape index (κ3) is 3.74. The van der Waals surface area contributed by atoms with Crippen LogP contribution in [0.2, 0.25) is 0 Å². The molecule has 2 heterocycles. The van der Waals surface area contributed by atoms with E-state index in [1.165, 1.54) is 11.3 Å². The molecule has 0 amide bonds. The predicted octanol–water partition coefficient (Wildman–Crippen LogP) is 1.02. The number of nitrogens with zero attached hydrogens (tertiary/aromatic N) is 2. The quantitative estimate of drug-likeness (QED) is 0.841. The molecule has 6 nitrogen and oxygen atoms in total. The van der Waals surface area contributed by atoms with Gasteiger partial charge in [0.05, 0.1) is 5.25 Å². The van der Waals surface area contributed by atoms with E-state index < -0.39 is 10.0 Å². The fraction of sp³-hybridized carbons (Fsp3) is 0.769. The van der Waals surface area contributed by atoms with Crippen molar-refractivity contribution in [3.8, 4) is 0 Å². The molecular formula is C13H22N4O2S2. The van der Waals surface area contributed by atoms with Crippen molar-refractivity contribution in [2.45, 2.75) is 44.0 Å². The van der Waals surface area contributed by atoms with E-state index in [9.17, 15) is 8.42 Å². The molecule has 2 atom stereocenters. The first kappa shape index (κ1) is 15.2. The topological polar surface area (TPSA) is 88.3 Å². The zero-order valence-electron chi connectivity index (χ0n) is 12.2. The molecule has 1 aromatic heterocycles. The minimum atomic E-state index is -3.09. The first-order valence-corrected chi connectivity index (χ1v) is 9.74. The third-order valence-corrected chi connectivity index (χ3v) is 7.01. The first-order valence-electron chi connectivity index (χ1n) is 7.38. The molecule has 3 rings (SSSR count). The standard InChI is InChI=1S/C13H22N4O2S2/c1-9-7-17(8-10-6-15-13(14)20-10)5-4-12(9)16-21(18,19)11-2-3-11/h6,9,11-12,16H,2-5,7-8H2,1H3,(H2,14,15). The number of piperidine rings is 1. The molecule has 0 radical (unpaired) electrons. The molecule has 1 aliphatic carbocycles. The van der Waals surface area contributed by atoms with Crippen LogP contribution in [-0.4, -0.2) is 42.7 Å². The highest BCUT2D eigenvalue weighted by Gasteiger charge is 2.38. The number of nitrogens with two attached hydrogens (primary N) is 1. The van der Waals surface area contributed by atoms with Gasteiger partial charge in [-0.1, -0.05) is 6.92 Å². The summed E-state index contributed by atoms with van der Waals surface area (Å²) in [5.74, 6) is 0.317. The maximum Gasteiger partial charge on any atom is 0.214 e. The highest BCUT2D eigenvalue weighted by Crippen LogP contribution is 2.29. The first-order chi connectivity index (χ1) is 9.94. The zero-order chi connectivity index (χ0) is 15.0. The number of hydrogen-bond donors (Lipinski definition) is 2. The van der Waals surface area contributed by atoms with E-state index in [4.69, 9.17) is 5.73 Å². The number of anilines is 1. The Morgan fingerprint density at radius 3 is 2.81 bits per heavy atom. The number of hydrogen-bond acceptors (Lipinski definition) is 6. The van der Waals surface area contributed by atoms with Gasteiger partial charge in [0.15, 0.2) is 5.13 Å². The van der Waals surface area contributed by atoms with Gasteiger partial charge in [-0.05, 0) is 25.2 Å². The highest BCUT2D eigenvalue weighted by molar-refractivity contribution is 7.90. The van der Waals surface area contributed by atoms with E-state index in [0.29, 0.717) is 11.0 Å². The van der Waals surface area contributed by atoms with Crippen molar-refractivity contribution >= 4 is 26.5 Å². The predicted molar refractivity (Wildman–Crippen MR) is 84.4 cm³/mol. The molecule has 2 aliphatic rings. The molecule has 2 unspecified atom stereocenters. The van der Waals surface area contributed by atoms with E-state index in [2.05, 4.69) is 21.5 Å². The van der Waals surface area contributed by atoms with Crippen molar-refractivity contribution in [1.82, 2.24) is 14.6 Å². The Morgan fingerprint density at radius 2 is 2.24 bits per heavy atom. The molecule has 1 aromatic rings. The van der Waals surface area contributed by atoms with Crippen LogP contribution in [0.1, 0.15) is 31.1 Å². The summed E-state index contributed by atoms with van der Waals surface area (Å²) in [6, 6.07) is 0.0679. The maximum absolute atomic E-state index is 12.0. The van der Waals surface area contributed by atoms with Gasteiger partial charge in [-0.25, -0.2) is 18.1 Å². The van der Waals surface area contributed by atoms with Gasteiger partial charge in [-0.3, -0.25) is 4.90 Å². The van der Waals surface area contributed by atoms with Crippen LogP contribution in [0.5, 0.6) is 0 Å². The second-order valence-corrected chi connectivity index (χ2v) is 9.27. The minimum Gasteiger partial charge on any atom is -0.375 e. The molecule has 0 bridgehead atoms. The van der Waals surface area contributed by atoms with Crippen LogP contribution in [0.3, 0.4) is 0 Å². The third-order valence-electron chi connectivity index (χ3n) is 4.22. The normalized spacial score (nSPS) is 27.9. The van der Waals surface area contributed by atoms with Crippen LogP contribution in [0.4, 0.5) is 5.13 Å². The van der Waals surface area contributed by atoms with E-state index in [1.807, 2.05) is 6.20 Å². The number of nitrogens with one attached hydrogen (secondary N) is 1. The second kappa shape index (κ2) is 5.83. The van der Waals surface area contributed by atoms with E-state index in [-0.39, 0.29) is 11.3 Å². The Bertz CT molecular complexity index is 597. The van der Waals surface area contributed by atoms with Crippen molar-refractivity contribution in [2.75, 3.05) is 18.8 Å². The van der Waals surface area contributed by atoms with Crippen LogP contribution in [0, 0.1) is 5.92 Å². The fourth-order valence-corrected chi connectivity index (χ4v) is 5.30. The second-order valence-electron chi connectivity index (χ2n) is 6.13. The minimum absolute atomic E-state index is 0.0679. The summed E-state index contributed by atoms with van der Waals surface area (Å²) in [5, 5.41) is 0.466. The lowest BCUT2D eigenvalue weighted by Gasteiger charge is -2.36. The van der Waals surface area contributed by atoms with Crippen molar-refractivity contribution < 1.29 is 8.42 Å². The Kier molecular flexibility index (Phi) is 4.22. The lowest BCUT2D eigenvalue weighted by atomic mass is 9.95. The molecule has 1 saturated carbocycles. The van der Waals surface area contributed by atoms with Crippen LogP contribution in [0.15, 0.2) is 6.20 Å². The van der Waals surface area contributed by atoms with Crippen LogP contribution >= 0.6 is 11.3 Å². The average molecular weight is 330 g/mol. The monoisotopic (exact) mass is 330 g/mol. The molecule has 0 spiro atoms. The van der Waals surface area contributed by atoms with E-state index in [1.54, 1.807) is 0 Å². The average Bonchev–Trinajstić information content (AvgIpc) is 3.19. The van der Waals surface area contributed by atoms with Gasteiger partial charge in [0, 0.05) is 36.8 Å². The van der Waals surface area contributed by atoms with Crippen molar-refractivity contribution in [3.63, 3.8) is 0 Å². The maximum atomic E-state index is 12.0.